The third kappa shape index (κ3) is 3.91. The highest BCUT2D eigenvalue weighted by molar-refractivity contribution is 7.13. The summed E-state index contributed by atoms with van der Waals surface area (Å²) in [5.41, 5.74) is 1.79. The smallest absolute Gasteiger partial charge is 0.230 e. The average Bonchev–Trinajstić information content (AvgIpc) is 2.99. The highest BCUT2D eigenvalue weighted by Gasteiger charge is 2.11. The topological polar surface area (TPSA) is 54.9 Å². The lowest BCUT2D eigenvalue weighted by Gasteiger charge is -2.06. The quantitative estimate of drug-likeness (QED) is 0.770. The lowest BCUT2D eigenvalue weighted by molar-refractivity contribution is -0.115. The zero-order valence-electron chi connectivity index (χ0n) is 11.8. The Kier molecular flexibility index (Phi) is 4.64. The summed E-state index contributed by atoms with van der Waals surface area (Å²) in [5.74, 6) is -0.719. The molecule has 1 amide bonds. The number of hydrogen-bond acceptors (Lipinski definition) is 4. The molecule has 2 heterocycles. The highest BCUT2D eigenvalue weighted by Crippen LogP contribution is 2.24. The Balaban J connectivity index is 1.68. The Morgan fingerprint density at radius 3 is 2.91 bits per heavy atom. The van der Waals surface area contributed by atoms with Crippen molar-refractivity contribution >= 4 is 34.5 Å². The first-order valence-corrected chi connectivity index (χ1v) is 7.98. The molecule has 4 nitrogen and oxygen atoms in total. The molecular formula is C16H11ClFN3OS. The normalized spacial score (nSPS) is 10.5. The van der Waals surface area contributed by atoms with Gasteiger partial charge in [0, 0.05) is 11.6 Å². The molecule has 2 aromatic heterocycles. The van der Waals surface area contributed by atoms with E-state index in [4.69, 9.17) is 11.6 Å². The number of anilines is 1. The maximum Gasteiger partial charge on any atom is 0.230 e. The van der Waals surface area contributed by atoms with Gasteiger partial charge in [0.25, 0.3) is 0 Å². The van der Waals surface area contributed by atoms with Crippen LogP contribution in [0.4, 0.5) is 10.1 Å². The lowest BCUT2D eigenvalue weighted by atomic mass is 10.2. The third-order valence-electron chi connectivity index (χ3n) is 2.98. The van der Waals surface area contributed by atoms with E-state index in [1.165, 1.54) is 23.5 Å². The van der Waals surface area contributed by atoms with Gasteiger partial charge in [0.1, 0.15) is 10.8 Å². The predicted molar refractivity (Wildman–Crippen MR) is 89.1 cm³/mol. The summed E-state index contributed by atoms with van der Waals surface area (Å²) >= 11 is 7.31. The second kappa shape index (κ2) is 6.85. The molecule has 23 heavy (non-hydrogen) atoms. The van der Waals surface area contributed by atoms with Crippen LogP contribution >= 0.6 is 22.9 Å². The number of halogens is 2. The van der Waals surface area contributed by atoms with Crippen molar-refractivity contribution < 1.29 is 9.18 Å². The van der Waals surface area contributed by atoms with Crippen LogP contribution in [0.3, 0.4) is 0 Å². The van der Waals surface area contributed by atoms with Crippen LogP contribution in [0.25, 0.3) is 10.7 Å². The van der Waals surface area contributed by atoms with Crippen molar-refractivity contribution in [1.82, 2.24) is 9.97 Å². The minimum atomic E-state index is -0.451. The molecule has 0 spiro atoms. The van der Waals surface area contributed by atoms with Gasteiger partial charge in [0.15, 0.2) is 0 Å². The Hall–Kier alpha value is -2.31. The predicted octanol–water partition coefficient (Wildman–Crippen LogP) is 4.18. The van der Waals surface area contributed by atoms with E-state index in [0.717, 1.165) is 16.8 Å². The molecule has 0 aliphatic rings. The van der Waals surface area contributed by atoms with Gasteiger partial charge in [-0.3, -0.25) is 9.78 Å². The van der Waals surface area contributed by atoms with Crippen molar-refractivity contribution in [3.63, 3.8) is 0 Å². The molecule has 1 N–H and O–H groups in total. The van der Waals surface area contributed by atoms with Crippen molar-refractivity contribution in [1.29, 1.82) is 0 Å². The Morgan fingerprint density at radius 1 is 1.30 bits per heavy atom. The van der Waals surface area contributed by atoms with Crippen LogP contribution in [0, 0.1) is 5.82 Å². The minimum absolute atomic E-state index is 0.108. The Labute approximate surface area is 141 Å². The van der Waals surface area contributed by atoms with Gasteiger partial charge < -0.3 is 5.32 Å². The van der Waals surface area contributed by atoms with Gasteiger partial charge >= 0.3 is 0 Å². The van der Waals surface area contributed by atoms with E-state index in [1.54, 1.807) is 6.20 Å². The molecule has 0 radical (unpaired) electrons. The van der Waals surface area contributed by atoms with E-state index in [9.17, 15) is 9.18 Å². The van der Waals surface area contributed by atoms with Crippen LogP contribution < -0.4 is 5.32 Å². The van der Waals surface area contributed by atoms with Crippen LogP contribution in [0.5, 0.6) is 0 Å². The van der Waals surface area contributed by atoms with E-state index in [0.29, 0.717) is 11.4 Å². The van der Waals surface area contributed by atoms with Gasteiger partial charge in [0.2, 0.25) is 5.91 Å². The number of nitrogens with one attached hydrogen (secondary N) is 1. The summed E-state index contributed by atoms with van der Waals surface area (Å²) in [6.07, 6.45) is 1.80. The molecule has 0 unspecified atom stereocenters. The fourth-order valence-corrected chi connectivity index (χ4v) is 2.95. The van der Waals surface area contributed by atoms with Crippen LogP contribution in [-0.2, 0) is 11.2 Å². The van der Waals surface area contributed by atoms with Gasteiger partial charge in [-0.15, -0.1) is 11.3 Å². The van der Waals surface area contributed by atoms with Crippen molar-refractivity contribution in [2.24, 2.45) is 0 Å². The molecular weight excluding hydrogens is 337 g/mol. The minimum Gasteiger partial charge on any atom is -0.324 e. The number of thiazole rings is 1. The van der Waals surface area contributed by atoms with Gasteiger partial charge in [-0.2, -0.15) is 0 Å². The second-order valence-corrected chi connectivity index (χ2v) is 5.97. The molecule has 3 aromatic rings. The summed E-state index contributed by atoms with van der Waals surface area (Å²) in [6.45, 7) is 0. The number of amides is 1. The number of aromatic nitrogens is 2. The van der Waals surface area contributed by atoms with Crippen molar-refractivity contribution in [2.75, 3.05) is 5.32 Å². The summed E-state index contributed by atoms with van der Waals surface area (Å²) in [4.78, 5) is 20.7. The number of pyridine rings is 1. The zero-order valence-corrected chi connectivity index (χ0v) is 13.4. The Morgan fingerprint density at radius 2 is 2.17 bits per heavy atom. The number of carbonyl (C=O) groups excluding carboxylic acids is 1. The SMILES string of the molecule is O=C(Cc1csc(-c2ccccn2)n1)Nc1ccc(F)cc1Cl. The van der Waals surface area contributed by atoms with Gasteiger partial charge in [0.05, 0.1) is 28.5 Å². The molecule has 0 bridgehead atoms. The molecule has 0 saturated carbocycles. The molecule has 0 fully saturated rings. The first-order chi connectivity index (χ1) is 11.1. The molecule has 7 heteroatoms. The van der Waals surface area contributed by atoms with E-state index in [1.807, 2.05) is 23.6 Å². The fraction of sp³-hybridized carbons (Fsp3) is 0.0625. The first-order valence-electron chi connectivity index (χ1n) is 6.72. The Bertz CT molecular complexity index is 838. The van der Waals surface area contributed by atoms with E-state index < -0.39 is 5.82 Å². The molecule has 0 saturated heterocycles. The van der Waals surface area contributed by atoms with E-state index in [2.05, 4.69) is 15.3 Å². The zero-order chi connectivity index (χ0) is 16.2. The van der Waals surface area contributed by atoms with Gasteiger partial charge in [-0.1, -0.05) is 17.7 Å². The number of benzene rings is 1. The van der Waals surface area contributed by atoms with Crippen molar-refractivity contribution in [3.8, 4) is 10.7 Å². The molecule has 3 rings (SSSR count). The van der Waals surface area contributed by atoms with Gasteiger partial charge in [-0.25, -0.2) is 9.37 Å². The molecule has 0 aliphatic carbocycles. The van der Waals surface area contributed by atoms with Crippen LogP contribution in [-0.4, -0.2) is 15.9 Å². The maximum absolute atomic E-state index is 13.0. The number of nitrogens with zero attached hydrogens (tertiary/aromatic N) is 2. The second-order valence-electron chi connectivity index (χ2n) is 4.71. The first kappa shape index (κ1) is 15.6. The fourth-order valence-electron chi connectivity index (χ4n) is 1.94. The molecule has 0 atom stereocenters. The standard InChI is InChI=1S/C16H11ClFN3OS/c17-12-7-10(18)4-5-13(12)21-15(22)8-11-9-23-16(20-11)14-3-1-2-6-19-14/h1-7,9H,8H2,(H,21,22). The molecule has 0 aliphatic heterocycles. The van der Waals surface area contributed by atoms with Crippen LogP contribution in [0.1, 0.15) is 5.69 Å². The molecule has 116 valence electrons. The largest absolute Gasteiger partial charge is 0.324 e. The highest BCUT2D eigenvalue weighted by atomic mass is 35.5. The number of hydrogen-bond donors (Lipinski definition) is 1. The summed E-state index contributed by atoms with van der Waals surface area (Å²) in [7, 11) is 0. The maximum atomic E-state index is 13.0. The van der Waals surface area contributed by atoms with E-state index in [-0.39, 0.29) is 17.4 Å². The van der Waals surface area contributed by atoms with Crippen molar-refractivity contribution in [2.45, 2.75) is 6.42 Å². The van der Waals surface area contributed by atoms with Crippen LogP contribution in [0.15, 0.2) is 48.0 Å². The van der Waals surface area contributed by atoms with Crippen LogP contribution in [0.2, 0.25) is 5.02 Å². The van der Waals surface area contributed by atoms with E-state index >= 15 is 0 Å². The lowest BCUT2D eigenvalue weighted by Crippen LogP contribution is -2.15. The summed E-state index contributed by atoms with van der Waals surface area (Å²) in [6, 6.07) is 9.39. The number of carbonyl (C=O) groups is 1. The van der Waals surface area contributed by atoms with Gasteiger partial charge in [-0.05, 0) is 30.3 Å². The average molecular weight is 348 g/mol. The monoisotopic (exact) mass is 347 g/mol. The number of rotatable bonds is 4. The summed E-state index contributed by atoms with van der Waals surface area (Å²) in [5, 5.41) is 5.38. The van der Waals surface area contributed by atoms with Crippen molar-refractivity contribution in [3.05, 3.63) is 64.5 Å². The summed E-state index contributed by atoms with van der Waals surface area (Å²) < 4.78 is 13.0. The molecule has 1 aromatic carbocycles. The third-order valence-corrected chi connectivity index (χ3v) is 4.21.